The van der Waals surface area contributed by atoms with Crippen molar-refractivity contribution in [3.8, 4) is 33.6 Å². The van der Waals surface area contributed by atoms with Gasteiger partial charge >= 0.3 is 0 Å². The highest BCUT2D eigenvalue weighted by Crippen LogP contribution is 2.62. The van der Waals surface area contributed by atoms with Crippen LogP contribution in [-0.2, 0) is 21.7 Å². The molecule has 0 saturated heterocycles. The summed E-state index contributed by atoms with van der Waals surface area (Å²) in [6, 6.07) is 74.3. The Morgan fingerprint density at radius 2 is 0.912 bits per heavy atom. The molecule has 2 nitrogen and oxygen atoms in total. The number of para-hydroxylation sites is 3. The lowest BCUT2D eigenvalue weighted by Crippen LogP contribution is -2.31. The zero-order chi connectivity index (χ0) is 46.5. The topological polar surface area (TPSA) is 9.86 Å². The Balaban J connectivity index is 1.03. The fraction of sp³-hybridized carbons (Fsp3) is 0.182. The van der Waals surface area contributed by atoms with Gasteiger partial charge in [-0.15, -0.1) is 0 Å². The van der Waals surface area contributed by atoms with Crippen LogP contribution in [0.4, 0.5) is 0 Å². The van der Waals surface area contributed by atoms with Crippen molar-refractivity contribution in [1.82, 2.24) is 9.13 Å². The number of hydrogen-bond donors (Lipinski definition) is 0. The van der Waals surface area contributed by atoms with E-state index in [0.717, 1.165) is 0 Å². The first kappa shape index (κ1) is 40.8. The third-order valence-corrected chi connectivity index (χ3v) is 15.9. The molecule has 13 rings (SSSR count). The average molecular weight is 877 g/mol. The van der Waals surface area contributed by atoms with Gasteiger partial charge in [-0.3, -0.25) is 0 Å². The van der Waals surface area contributed by atoms with Gasteiger partial charge in [-0.25, -0.2) is 0 Å². The molecule has 9 aromatic carbocycles. The molecule has 11 aromatic rings. The predicted molar refractivity (Wildman–Crippen MR) is 287 cm³/mol. The molecule has 0 fully saturated rings. The van der Waals surface area contributed by atoms with Gasteiger partial charge in [-0.1, -0.05) is 189 Å². The van der Waals surface area contributed by atoms with Crippen LogP contribution >= 0.6 is 0 Å². The molecule has 2 aliphatic rings. The van der Waals surface area contributed by atoms with Crippen LogP contribution in [0.3, 0.4) is 0 Å². The van der Waals surface area contributed by atoms with E-state index in [2.05, 4.69) is 259 Å². The molecule has 330 valence electrons. The zero-order valence-corrected chi connectivity index (χ0v) is 40.4. The smallest absolute Gasteiger partial charge is 0.0716 e. The minimum absolute atomic E-state index is 0.0438. The lowest BCUT2D eigenvalue weighted by molar-refractivity contribution is 0.579. The summed E-state index contributed by atoms with van der Waals surface area (Å²) in [5, 5.41) is 5.03. The van der Waals surface area contributed by atoms with Crippen molar-refractivity contribution >= 4 is 43.6 Å². The van der Waals surface area contributed by atoms with Gasteiger partial charge in [0.2, 0.25) is 0 Å². The van der Waals surface area contributed by atoms with Gasteiger partial charge in [0.15, 0.2) is 0 Å². The van der Waals surface area contributed by atoms with Crippen molar-refractivity contribution in [2.24, 2.45) is 0 Å². The number of rotatable bonds is 4. The molecule has 68 heavy (non-hydrogen) atoms. The first-order chi connectivity index (χ1) is 32.7. The van der Waals surface area contributed by atoms with Crippen LogP contribution in [-0.4, -0.2) is 9.13 Å². The quantitative estimate of drug-likeness (QED) is 0.167. The summed E-state index contributed by atoms with van der Waals surface area (Å²) in [4.78, 5) is 0. The van der Waals surface area contributed by atoms with Crippen LogP contribution in [0, 0.1) is 0 Å². The summed E-state index contributed by atoms with van der Waals surface area (Å²) in [6.45, 7) is 18.9. The van der Waals surface area contributed by atoms with Gasteiger partial charge in [-0.2, -0.15) is 0 Å². The third kappa shape index (κ3) is 5.64. The Kier molecular flexibility index (Phi) is 8.44. The standard InChI is InChI=1S/C66H56N2/c1-63(2,3)43-27-29-44(30-28-43)66-46-18-16-17-45(37-46)65(7,8)57-39-47(64(4,5)6)38-55(62(57)66)52-40-49(31-32-56(52)66)68-59-24-15-13-22-51(59)54-36-42(26-34-61(54)68)41-25-33-60-53(35-41)50-21-12-14-23-58(50)67(60)48-19-10-9-11-20-48/h9-40H,1-8H3. The van der Waals surface area contributed by atoms with E-state index in [0.29, 0.717) is 0 Å². The maximum absolute atomic E-state index is 2.56. The number of fused-ring (bicyclic) bond motifs is 12. The number of hydrogen-bond acceptors (Lipinski definition) is 0. The molecule has 1 unspecified atom stereocenters. The van der Waals surface area contributed by atoms with Crippen LogP contribution in [0.5, 0.6) is 0 Å². The summed E-state index contributed by atoms with van der Waals surface area (Å²) in [5.41, 5.74) is 22.6. The van der Waals surface area contributed by atoms with E-state index in [1.54, 1.807) is 0 Å². The molecule has 2 aliphatic carbocycles. The van der Waals surface area contributed by atoms with Crippen molar-refractivity contribution in [2.75, 3.05) is 0 Å². The maximum atomic E-state index is 2.56. The number of benzene rings is 9. The van der Waals surface area contributed by atoms with E-state index in [9.17, 15) is 0 Å². The van der Waals surface area contributed by atoms with Crippen LogP contribution in [0.2, 0.25) is 0 Å². The lowest BCUT2D eigenvalue weighted by Gasteiger charge is -2.36. The second kappa shape index (κ2) is 14.1. The summed E-state index contributed by atoms with van der Waals surface area (Å²) >= 11 is 0. The van der Waals surface area contributed by atoms with Gasteiger partial charge in [0, 0.05) is 38.3 Å². The molecule has 2 bridgehead atoms. The molecule has 0 N–H and O–H groups in total. The molecular formula is C66H56N2. The minimum atomic E-state index is -0.487. The van der Waals surface area contributed by atoms with Crippen molar-refractivity contribution in [2.45, 2.75) is 77.0 Å². The van der Waals surface area contributed by atoms with Crippen LogP contribution in [0.1, 0.15) is 99.9 Å². The number of aromatic nitrogens is 2. The third-order valence-electron chi connectivity index (χ3n) is 15.9. The van der Waals surface area contributed by atoms with Crippen LogP contribution < -0.4 is 0 Å². The summed E-state index contributed by atoms with van der Waals surface area (Å²) in [7, 11) is 0. The first-order valence-electron chi connectivity index (χ1n) is 24.4. The van der Waals surface area contributed by atoms with Crippen molar-refractivity contribution in [1.29, 1.82) is 0 Å². The molecule has 2 heterocycles. The highest BCUT2D eigenvalue weighted by molar-refractivity contribution is 6.13. The Hall–Kier alpha value is -7.42. The zero-order valence-electron chi connectivity index (χ0n) is 40.4. The van der Waals surface area contributed by atoms with E-state index >= 15 is 0 Å². The second-order valence-electron chi connectivity index (χ2n) is 22.2. The first-order valence-corrected chi connectivity index (χ1v) is 24.4. The Morgan fingerprint density at radius 3 is 1.53 bits per heavy atom. The largest absolute Gasteiger partial charge is 0.309 e. The Bertz CT molecular complexity index is 3880. The summed E-state index contributed by atoms with van der Waals surface area (Å²) < 4.78 is 4.90. The van der Waals surface area contributed by atoms with Gasteiger partial charge in [0.05, 0.1) is 27.5 Å². The molecule has 2 heteroatoms. The van der Waals surface area contributed by atoms with Gasteiger partial charge in [0.1, 0.15) is 0 Å². The summed E-state index contributed by atoms with van der Waals surface area (Å²) in [5.74, 6) is 0. The van der Waals surface area contributed by atoms with E-state index in [4.69, 9.17) is 0 Å². The molecule has 0 saturated carbocycles. The monoisotopic (exact) mass is 876 g/mol. The summed E-state index contributed by atoms with van der Waals surface area (Å²) in [6.07, 6.45) is 0. The second-order valence-corrected chi connectivity index (χ2v) is 22.2. The normalized spacial score (nSPS) is 16.1. The molecule has 0 spiro atoms. The van der Waals surface area contributed by atoms with E-state index in [1.165, 1.54) is 122 Å². The molecule has 0 amide bonds. The highest BCUT2D eigenvalue weighted by Gasteiger charge is 2.52. The van der Waals surface area contributed by atoms with Crippen molar-refractivity contribution in [3.63, 3.8) is 0 Å². The number of nitrogens with zero attached hydrogens (tertiary/aromatic N) is 2. The molecule has 1 atom stereocenters. The van der Waals surface area contributed by atoms with Gasteiger partial charge in [0.25, 0.3) is 0 Å². The lowest BCUT2D eigenvalue weighted by atomic mass is 9.65. The Morgan fingerprint density at radius 1 is 0.353 bits per heavy atom. The van der Waals surface area contributed by atoms with E-state index < -0.39 is 5.41 Å². The van der Waals surface area contributed by atoms with Gasteiger partial charge in [-0.05, 0) is 138 Å². The fourth-order valence-corrected chi connectivity index (χ4v) is 12.3. The maximum Gasteiger partial charge on any atom is 0.0716 e. The van der Waals surface area contributed by atoms with Crippen molar-refractivity contribution < 1.29 is 0 Å². The Labute approximate surface area is 400 Å². The molecular weight excluding hydrogens is 821 g/mol. The van der Waals surface area contributed by atoms with Crippen LogP contribution in [0.15, 0.2) is 194 Å². The predicted octanol–water partition coefficient (Wildman–Crippen LogP) is 17.1. The van der Waals surface area contributed by atoms with E-state index in [-0.39, 0.29) is 16.2 Å². The van der Waals surface area contributed by atoms with Crippen LogP contribution in [0.25, 0.3) is 77.2 Å². The molecule has 0 radical (unpaired) electrons. The fourth-order valence-electron chi connectivity index (χ4n) is 12.3. The molecule has 0 aliphatic heterocycles. The van der Waals surface area contributed by atoms with E-state index in [1.807, 2.05) is 0 Å². The highest BCUT2D eigenvalue weighted by atomic mass is 15.0. The average Bonchev–Trinajstić information content (AvgIpc) is 3.96. The van der Waals surface area contributed by atoms with Gasteiger partial charge < -0.3 is 9.13 Å². The SMILES string of the molecule is CC(C)(C)c1ccc(C23c4cccc(c4)C(C)(C)c4cc(C(C)(C)C)cc(c42)-c2cc(-n4c5ccccc5c5cc(-c6ccc7c(c6)c6ccccc6n7-c6ccccc6)ccc54)ccc23)cc1. The molecule has 2 aromatic heterocycles. The van der Waals surface area contributed by atoms with Crippen molar-refractivity contribution in [3.05, 3.63) is 239 Å². The minimum Gasteiger partial charge on any atom is -0.309 e.